The van der Waals surface area contributed by atoms with Crippen molar-refractivity contribution in [3.05, 3.63) is 29.8 Å². The number of benzene rings is 1. The van der Waals surface area contributed by atoms with Gasteiger partial charge < -0.3 is 10.4 Å². The van der Waals surface area contributed by atoms with Crippen LogP contribution < -0.4 is 5.32 Å². The topological polar surface area (TPSA) is 32.3 Å². The summed E-state index contributed by atoms with van der Waals surface area (Å²) in [6, 6.07) is 8.07. The van der Waals surface area contributed by atoms with E-state index < -0.39 is 0 Å². The summed E-state index contributed by atoms with van der Waals surface area (Å²) in [4.78, 5) is 0. The number of hydrogen-bond acceptors (Lipinski definition) is 3. The summed E-state index contributed by atoms with van der Waals surface area (Å²) in [5.74, 6) is 2.86. The van der Waals surface area contributed by atoms with Crippen LogP contribution >= 0.6 is 11.8 Å². The number of nitrogens with one attached hydrogen (secondary N) is 1. The van der Waals surface area contributed by atoms with E-state index in [0.29, 0.717) is 11.8 Å². The Kier molecular flexibility index (Phi) is 3.32. The molecule has 0 bridgehead atoms. The molecule has 14 heavy (non-hydrogen) atoms. The zero-order chi connectivity index (χ0) is 9.80. The summed E-state index contributed by atoms with van der Waals surface area (Å²) < 4.78 is 0. The van der Waals surface area contributed by atoms with E-state index in [1.54, 1.807) is 12.1 Å². The Morgan fingerprint density at radius 1 is 1.36 bits per heavy atom. The van der Waals surface area contributed by atoms with Crippen LogP contribution in [0, 0.1) is 0 Å². The second-order valence-electron chi connectivity index (χ2n) is 3.61. The number of thioether (sulfide) groups is 1. The van der Waals surface area contributed by atoms with Gasteiger partial charge in [0.25, 0.3) is 0 Å². The highest BCUT2D eigenvalue weighted by Crippen LogP contribution is 2.17. The molecule has 1 heterocycles. The van der Waals surface area contributed by atoms with E-state index >= 15 is 0 Å². The van der Waals surface area contributed by atoms with Crippen molar-refractivity contribution in [1.29, 1.82) is 0 Å². The third-order valence-corrected chi connectivity index (χ3v) is 3.62. The standard InChI is InChI=1S/C11H15NOS/c13-11-3-1-9(2-4-11)7-12-10-5-6-14-8-10/h1-4,10,12-13H,5-8H2. The van der Waals surface area contributed by atoms with Gasteiger partial charge in [0.1, 0.15) is 5.75 Å². The molecule has 1 aliphatic rings. The molecular formula is C11H15NOS. The van der Waals surface area contributed by atoms with Gasteiger partial charge in [-0.1, -0.05) is 12.1 Å². The molecule has 76 valence electrons. The second kappa shape index (κ2) is 4.71. The Morgan fingerprint density at radius 3 is 2.79 bits per heavy atom. The van der Waals surface area contributed by atoms with Gasteiger partial charge in [0.05, 0.1) is 0 Å². The molecule has 1 fully saturated rings. The molecule has 1 atom stereocenters. The molecule has 0 radical (unpaired) electrons. The van der Waals surface area contributed by atoms with Crippen molar-refractivity contribution in [2.24, 2.45) is 0 Å². The number of rotatable bonds is 3. The lowest BCUT2D eigenvalue weighted by Gasteiger charge is -2.10. The number of phenolic OH excluding ortho intramolecular Hbond substituents is 1. The maximum Gasteiger partial charge on any atom is 0.115 e. The van der Waals surface area contributed by atoms with E-state index in [1.807, 2.05) is 23.9 Å². The van der Waals surface area contributed by atoms with Gasteiger partial charge in [-0.25, -0.2) is 0 Å². The van der Waals surface area contributed by atoms with Crippen LogP contribution in [0.1, 0.15) is 12.0 Å². The molecule has 1 saturated heterocycles. The van der Waals surface area contributed by atoms with Crippen LogP contribution in [0.5, 0.6) is 5.75 Å². The lowest BCUT2D eigenvalue weighted by Crippen LogP contribution is -2.27. The second-order valence-corrected chi connectivity index (χ2v) is 4.76. The SMILES string of the molecule is Oc1ccc(CNC2CCSC2)cc1. The maximum absolute atomic E-state index is 9.11. The van der Waals surface area contributed by atoms with Crippen molar-refractivity contribution in [2.75, 3.05) is 11.5 Å². The predicted molar refractivity (Wildman–Crippen MR) is 60.7 cm³/mol. The van der Waals surface area contributed by atoms with E-state index in [-0.39, 0.29) is 0 Å². The van der Waals surface area contributed by atoms with Crippen molar-refractivity contribution in [1.82, 2.24) is 5.32 Å². The number of aromatic hydroxyl groups is 1. The van der Waals surface area contributed by atoms with E-state index in [4.69, 9.17) is 5.11 Å². The van der Waals surface area contributed by atoms with Crippen LogP contribution in [0.3, 0.4) is 0 Å². The number of hydrogen-bond donors (Lipinski definition) is 2. The molecule has 0 aliphatic carbocycles. The van der Waals surface area contributed by atoms with Gasteiger partial charge in [0.15, 0.2) is 0 Å². The lowest BCUT2D eigenvalue weighted by molar-refractivity contribution is 0.474. The molecule has 0 aromatic heterocycles. The molecule has 0 spiro atoms. The molecule has 0 amide bonds. The van der Waals surface area contributed by atoms with Crippen molar-refractivity contribution in [3.63, 3.8) is 0 Å². The Hall–Kier alpha value is -0.670. The highest BCUT2D eigenvalue weighted by Gasteiger charge is 2.13. The summed E-state index contributed by atoms with van der Waals surface area (Å²) in [7, 11) is 0. The van der Waals surface area contributed by atoms with Crippen LogP contribution in [-0.4, -0.2) is 22.7 Å². The van der Waals surface area contributed by atoms with Crippen molar-refractivity contribution in [3.8, 4) is 5.75 Å². The first kappa shape index (κ1) is 9.87. The minimum atomic E-state index is 0.338. The van der Waals surface area contributed by atoms with Gasteiger partial charge in [-0.2, -0.15) is 11.8 Å². The average molecular weight is 209 g/mol. The van der Waals surface area contributed by atoms with Gasteiger partial charge in [-0.15, -0.1) is 0 Å². The molecule has 1 aliphatic heterocycles. The van der Waals surface area contributed by atoms with Crippen LogP contribution in [0.25, 0.3) is 0 Å². The average Bonchev–Trinajstić information content (AvgIpc) is 2.70. The number of phenols is 1. The molecule has 2 N–H and O–H groups in total. The summed E-state index contributed by atoms with van der Waals surface area (Å²) in [5.41, 5.74) is 1.24. The highest BCUT2D eigenvalue weighted by molar-refractivity contribution is 7.99. The quantitative estimate of drug-likeness (QED) is 0.798. The molecular weight excluding hydrogens is 194 g/mol. The fraction of sp³-hybridized carbons (Fsp3) is 0.455. The van der Waals surface area contributed by atoms with Crippen LogP contribution in [0.15, 0.2) is 24.3 Å². The Morgan fingerprint density at radius 2 is 2.14 bits per heavy atom. The highest BCUT2D eigenvalue weighted by atomic mass is 32.2. The summed E-state index contributed by atoms with van der Waals surface area (Å²) >= 11 is 2.02. The molecule has 1 aromatic carbocycles. The summed E-state index contributed by atoms with van der Waals surface area (Å²) in [6.45, 7) is 0.908. The Labute approximate surface area is 88.7 Å². The minimum absolute atomic E-state index is 0.338. The minimum Gasteiger partial charge on any atom is -0.508 e. The molecule has 2 rings (SSSR count). The normalized spacial score (nSPS) is 21.3. The van der Waals surface area contributed by atoms with E-state index in [9.17, 15) is 0 Å². The Balaban J connectivity index is 1.82. The van der Waals surface area contributed by atoms with E-state index in [2.05, 4.69) is 5.32 Å². The zero-order valence-electron chi connectivity index (χ0n) is 8.07. The fourth-order valence-electron chi connectivity index (χ4n) is 1.57. The molecule has 0 saturated carbocycles. The van der Waals surface area contributed by atoms with Gasteiger partial charge in [0.2, 0.25) is 0 Å². The zero-order valence-corrected chi connectivity index (χ0v) is 8.89. The lowest BCUT2D eigenvalue weighted by atomic mass is 10.2. The van der Waals surface area contributed by atoms with Crippen molar-refractivity contribution >= 4 is 11.8 Å². The van der Waals surface area contributed by atoms with Crippen LogP contribution in [0.4, 0.5) is 0 Å². The largest absolute Gasteiger partial charge is 0.508 e. The van der Waals surface area contributed by atoms with Gasteiger partial charge in [-0.3, -0.25) is 0 Å². The first-order valence-electron chi connectivity index (χ1n) is 4.93. The molecule has 3 heteroatoms. The first-order valence-corrected chi connectivity index (χ1v) is 6.09. The van der Waals surface area contributed by atoms with Gasteiger partial charge >= 0.3 is 0 Å². The maximum atomic E-state index is 9.11. The Bertz CT molecular complexity index is 280. The first-order chi connectivity index (χ1) is 6.84. The molecule has 2 nitrogen and oxygen atoms in total. The molecule has 1 aromatic rings. The summed E-state index contributed by atoms with van der Waals surface area (Å²) in [6.07, 6.45) is 1.28. The summed E-state index contributed by atoms with van der Waals surface area (Å²) in [5, 5.41) is 12.6. The van der Waals surface area contributed by atoms with Crippen molar-refractivity contribution < 1.29 is 5.11 Å². The predicted octanol–water partition coefficient (Wildman–Crippen LogP) is 1.99. The van der Waals surface area contributed by atoms with Crippen molar-refractivity contribution in [2.45, 2.75) is 19.0 Å². The van der Waals surface area contributed by atoms with Crippen LogP contribution in [-0.2, 0) is 6.54 Å². The fourth-order valence-corrected chi connectivity index (χ4v) is 2.76. The van der Waals surface area contributed by atoms with Gasteiger partial charge in [-0.05, 0) is 29.9 Å². The van der Waals surface area contributed by atoms with E-state index in [0.717, 1.165) is 6.54 Å². The third kappa shape index (κ3) is 2.66. The van der Waals surface area contributed by atoms with Crippen LogP contribution in [0.2, 0.25) is 0 Å². The third-order valence-electron chi connectivity index (χ3n) is 2.46. The smallest absolute Gasteiger partial charge is 0.115 e. The van der Waals surface area contributed by atoms with Gasteiger partial charge in [0, 0.05) is 18.3 Å². The monoisotopic (exact) mass is 209 g/mol. The van der Waals surface area contributed by atoms with E-state index in [1.165, 1.54) is 23.5 Å². The molecule has 1 unspecified atom stereocenters.